The molecule has 0 radical (unpaired) electrons. The molecule has 0 bridgehead atoms. The first-order valence-corrected chi connectivity index (χ1v) is 9.69. The van der Waals surface area contributed by atoms with Crippen molar-refractivity contribution in [1.82, 2.24) is 14.5 Å². The third-order valence-corrected chi connectivity index (χ3v) is 5.50. The molecule has 136 valence electrons. The maximum atomic E-state index is 4.62. The van der Waals surface area contributed by atoms with Crippen LogP contribution in [0.1, 0.15) is 0 Å². The monoisotopic (exact) mass is 371 g/mol. The molecule has 0 fully saturated rings. The quantitative estimate of drug-likeness (QED) is 0.353. The molecular weight excluding hydrogens is 354 g/mol. The molecule has 0 atom stereocenters. The summed E-state index contributed by atoms with van der Waals surface area (Å²) in [6.45, 7) is 0. The van der Waals surface area contributed by atoms with Gasteiger partial charge in [-0.15, -0.1) is 0 Å². The molecule has 0 unspecified atom stereocenters. The minimum Gasteiger partial charge on any atom is -0.309 e. The predicted octanol–water partition coefficient (Wildman–Crippen LogP) is 6.39. The average Bonchev–Trinajstić information content (AvgIpc) is 3.13. The molecule has 29 heavy (non-hydrogen) atoms. The van der Waals surface area contributed by atoms with Gasteiger partial charge in [-0.25, -0.2) is 9.97 Å². The first kappa shape index (κ1) is 16.0. The van der Waals surface area contributed by atoms with Crippen LogP contribution in [0.25, 0.3) is 49.7 Å². The van der Waals surface area contributed by atoms with E-state index in [-0.39, 0.29) is 0 Å². The number of benzene rings is 4. The van der Waals surface area contributed by atoms with E-state index in [4.69, 9.17) is 0 Å². The minimum absolute atomic E-state index is 0.959. The maximum Gasteiger partial charge on any atom is 0.116 e. The maximum absolute atomic E-state index is 4.62. The van der Waals surface area contributed by atoms with Gasteiger partial charge in [0.15, 0.2) is 0 Å². The Morgan fingerprint density at radius 2 is 1.28 bits per heavy atom. The lowest BCUT2D eigenvalue weighted by atomic mass is 10.0. The van der Waals surface area contributed by atoms with E-state index in [1.165, 1.54) is 21.8 Å². The van der Waals surface area contributed by atoms with E-state index < -0.39 is 0 Å². The third kappa shape index (κ3) is 2.44. The van der Waals surface area contributed by atoms with Crippen LogP contribution >= 0.6 is 0 Å². The Balaban J connectivity index is 1.71. The van der Waals surface area contributed by atoms with Crippen molar-refractivity contribution in [2.45, 2.75) is 0 Å². The van der Waals surface area contributed by atoms with Gasteiger partial charge in [0, 0.05) is 27.4 Å². The topological polar surface area (TPSA) is 30.7 Å². The van der Waals surface area contributed by atoms with Gasteiger partial charge in [-0.05, 0) is 30.3 Å². The third-order valence-electron chi connectivity index (χ3n) is 5.50. The molecule has 3 heteroatoms. The molecule has 2 heterocycles. The molecule has 0 saturated carbocycles. The predicted molar refractivity (Wildman–Crippen MR) is 119 cm³/mol. The summed E-state index contributed by atoms with van der Waals surface area (Å²) < 4.78 is 2.33. The van der Waals surface area contributed by atoms with Crippen LogP contribution < -0.4 is 0 Å². The van der Waals surface area contributed by atoms with Crippen molar-refractivity contribution in [3.8, 4) is 16.9 Å². The van der Waals surface area contributed by atoms with Crippen LogP contribution in [0, 0.1) is 0 Å². The molecule has 0 spiro atoms. The van der Waals surface area contributed by atoms with Crippen LogP contribution in [0.4, 0.5) is 0 Å². The summed E-state index contributed by atoms with van der Waals surface area (Å²) in [4.78, 5) is 9.03. The molecule has 6 aromatic rings. The smallest absolute Gasteiger partial charge is 0.116 e. The number of para-hydroxylation sites is 3. The van der Waals surface area contributed by atoms with Crippen molar-refractivity contribution < 1.29 is 0 Å². The standard InChI is InChI=1S/C26H17N3/c1-2-8-19(9-3-1)29-24-13-7-5-10-20(24)21-15-14-18(16-25(21)29)26-22-11-4-6-12-23(22)27-17-28-26/h1-17H. The van der Waals surface area contributed by atoms with Crippen LogP contribution in [-0.4, -0.2) is 14.5 Å². The fourth-order valence-electron chi connectivity index (χ4n) is 4.21. The summed E-state index contributed by atoms with van der Waals surface area (Å²) in [5, 5.41) is 3.56. The van der Waals surface area contributed by atoms with Gasteiger partial charge in [0.2, 0.25) is 0 Å². The Morgan fingerprint density at radius 1 is 0.552 bits per heavy atom. The Morgan fingerprint density at radius 3 is 2.17 bits per heavy atom. The second-order valence-electron chi connectivity index (χ2n) is 7.16. The average molecular weight is 371 g/mol. The summed E-state index contributed by atoms with van der Waals surface area (Å²) in [5.41, 5.74) is 6.55. The number of aromatic nitrogens is 3. The molecule has 0 aliphatic carbocycles. The van der Waals surface area contributed by atoms with E-state index in [1.807, 2.05) is 18.2 Å². The van der Waals surface area contributed by atoms with Gasteiger partial charge in [-0.2, -0.15) is 0 Å². The van der Waals surface area contributed by atoms with Crippen LogP contribution in [-0.2, 0) is 0 Å². The largest absolute Gasteiger partial charge is 0.309 e. The fourth-order valence-corrected chi connectivity index (χ4v) is 4.21. The van der Waals surface area contributed by atoms with Crippen LogP contribution in [0.3, 0.4) is 0 Å². The summed E-state index contributed by atoms with van der Waals surface area (Å²) in [5.74, 6) is 0. The van der Waals surface area contributed by atoms with Crippen molar-refractivity contribution in [3.05, 3.63) is 103 Å². The SMILES string of the molecule is c1ccc(-n2c3ccccc3c3ccc(-c4ncnc5ccccc45)cc32)cc1. The molecule has 0 aliphatic heterocycles. The zero-order valence-electron chi connectivity index (χ0n) is 15.7. The molecule has 0 N–H and O–H groups in total. The summed E-state index contributed by atoms with van der Waals surface area (Å²) >= 11 is 0. The van der Waals surface area contributed by atoms with E-state index in [0.29, 0.717) is 0 Å². The highest BCUT2D eigenvalue weighted by atomic mass is 15.0. The van der Waals surface area contributed by atoms with Gasteiger partial charge in [-0.1, -0.05) is 66.7 Å². The van der Waals surface area contributed by atoms with E-state index in [9.17, 15) is 0 Å². The van der Waals surface area contributed by atoms with E-state index >= 15 is 0 Å². The highest BCUT2D eigenvalue weighted by Crippen LogP contribution is 2.35. The van der Waals surface area contributed by atoms with Crippen LogP contribution in [0.15, 0.2) is 103 Å². The molecule has 0 aliphatic rings. The van der Waals surface area contributed by atoms with Crippen molar-refractivity contribution in [3.63, 3.8) is 0 Å². The Kier molecular flexibility index (Phi) is 3.47. The normalized spacial score (nSPS) is 11.4. The number of fused-ring (bicyclic) bond motifs is 4. The minimum atomic E-state index is 0.959. The first-order chi connectivity index (χ1) is 14.4. The molecule has 0 amide bonds. The van der Waals surface area contributed by atoms with Crippen LogP contribution in [0.2, 0.25) is 0 Å². The first-order valence-electron chi connectivity index (χ1n) is 9.69. The number of hydrogen-bond acceptors (Lipinski definition) is 2. The molecule has 6 rings (SSSR count). The second kappa shape index (κ2) is 6.28. The Labute approximate surface area is 167 Å². The van der Waals surface area contributed by atoms with Crippen molar-refractivity contribution in [2.75, 3.05) is 0 Å². The number of nitrogens with zero attached hydrogens (tertiary/aromatic N) is 3. The van der Waals surface area contributed by atoms with Gasteiger partial charge in [0.1, 0.15) is 6.33 Å². The lowest BCUT2D eigenvalue weighted by molar-refractivity contribution is 1.18. The molecule has 3 nitrogen and oxygen atoms in total. The highest BCUT2D eigenvalue weighted by molar-refractivity contribution is 6.10. The van der Waals surface area contributed by atoms with E-state index in [0.717, 1.165) is 27.8 Å². The number of rotatable bonds is 2. The fraction of sp³-hybridized carbons (Fsp3) is 0. The molecule has 4 aromatic carbocycles. The number of hydrogen-bond donors (Lipinski definition) is 0. The van der Waals surface area contributed by atoms with Crippen molar-refractivity contribution >= 4 is 32.7 Å². The summed E-state index contributed by atoms with van der Waals surface area (Å²) in [7, 11) is 0. The van der Waals surface area contributed by atoms with Gasteiger partial charge < -0.3 is 4.57 Å². The van der Waals surface area contributed by atoms with Crippen LogP contribution in [0.5, 0.6) is 0 Å². The zero-order valence-corrected chi connectivity index (χ0v) is 15.7. The van der Waals surface area contributed by atoms with Gasteiger partial charge in [0.05, 0.1) is 22.2 Å². The highest BCUT2D eigenvalue weighted by Gasteiger charge is 2.14. The summed E-state index contributed by atoms with van der Waals surface area (Å²) in [6, 6.07) is 33.9. The Bertz CT molecular complexity index is 1490. The van der Waals surface area contributed by atoms with Crippen molar-refractivity contribution in [1.29, 1.82) is 0 Å². The zero-order chi connectivity index (χ0) is 19.2. The lowest BCUT2D eigenvalue weighted by Gasteiger charge is -2.09. The molecule has 0 saturated heterocycles. The second-order valence-corrected chi connectivity index (χ2v) is 7.16. The molecule has 2 aromatic heterocycles. The van der Waals surface area contributed by atoms with E-state index in [2.05, 4.69) is 93.4 Å². The van der Waals surface area contributed by atoms with Crippen molar-refractivity contribution in [2.24, 2.45) is 0 Å². The van der Waals surface area contributed by atoms with Gasteiger partial charge in [0.25, 0.3) is 0 Å². The van der Waals surface area contributed by atoms with E-state index in [1.54, 1.807) is 6.33 Å². The van der Waals surface area contributed by atoms with Gasteiger partial charge >= 0.3 is 0 Å². The lowest BCUT2D eigenvalue weighted by Crippen LogP contribution is -1.94. The molecular formula is C26H17N3. The van der Waals surface area contributed by atoms with Gasteiger partial charge in [-0.3, -0.25) is 0 Å². The Hall–Kier alpha value is -3.98. The summed E-state index contributed by atoms with van der Waals surface area (Å²) in [6.07, 6.45) is 1.65.